The molecule has 0 N–H and O–H groups in total. The maximum Gasteiger partial charge on any atom is 0.719 e. The van der Waals surface area contributed by atoms with Gasteiger partial charge in [-0.3, -0.25) is 0 Å². The zero-order chi connectivity index (χ0) is 10.6. The van der Waals surface area contributed by atoms with Gasteiger partial charge in [0.15, 0.2) is 0 Å². The predicted octanol–water partition coefficient (Wildman–Crippen LogP) is 3.23. The molecule has 0 spiro atoms. The molecule has 0 fully saturated rings. The number of hydrogen-bond acceptors (Lipinski definition) is 1. The Morgan fingerprint density at radius 2 is 1.31 bits per heavy atom. The Morgan fingerprint density at radius 1 is 1.00 bits per heavy atom. The van der Waals surface area contributed by atoms with Gasteiger partial charge in [0.2, 0.25) is 0 Å². The molecule has 0 rings (SSSR count). The quantitative estimate of drug-likeness (QED) is 0.500. The monoisotopic (exact) mass is 213 g/mol. The van der Waals surface area contributed by atoms with Crippen LogP contribution in [0, 0.1) is 0 Å². The van der Waals surface area contributed by atoms with Crippen LogP contribution in [0.25, 0.3) is 0 Å². The summed E-state index contributed by atoms with van der Waals surface area (Å²) in [4.78, 5) is 0. The Kier molecular flexibility index (Phi) is 4.99. The lowest BCUT2D eigenvalue weighted by Crippen LogP contribution is -2.53. The first kappa shape index (κ1) is 13.0. The van der Waals surface area contributed by atoms with Gasteiger partial charge in [-0.1, -0.05) is 13.8 Å². The molecule has 0 aliphatic carbocycles. The highest BCUT2D eigenvalue weighted by Gasteiger charge is 2.50. The molecule has 0 aliphatic rings. The molecule has 0 aromatic heterocycles. The van der Waals surface area contributed by atoms with E-state index in [4.69, 9.17) is 0 Å². The smallest absolute Gasteiger partial charge is 0.241 e. The molecule has 0 bridgehead atoms. The van der Waals surface area contributed by atoms with Crippen LogP contribution >= 0.6 is 0 Å². The third-order valence-electron chi connectivity index (χ3n) is 2.42. The molecule has 80 valence electrons. The van der Waals surface area contributed by atoms with Crippen molar-refractivity contribution in [2.45, 2.75) is 52.6 Å². The van der Waals surface area contributed by atoms with Crippen LogP contribution in [0.2, 0.25) is 0 Å². The van der Waals surface area contributed by atoms with Crippen molar-refractivity contribution in [3.05, 3.63) is 0 Å². The molecule has 0 saturated heterocycles. The van der Waals surface area contributed by atoms with E-state index in [-0.39, 0.29) is 12.1 Å². The van der Waals surface area contributed by atoms with Crippen molar-refractivity contribution >= 4 is 9.24 Å². The maximum absolute atomic E-state index is 12.7. The molecule has 2 atom stereocenters. The molecule has 0 heterocycles. The summed E-state index contributed by atoms with van der Waals surface area (Å²) < 4.78 is 38.8. The molecule has 0 radical (unpaired) electrons. The minimum Gasteiger partial charge on any atom is -0.241 e. The zero-order valence-corrected chi connectivity index (χ0v) is 9.65. The average Bonchev–Trinajstić information content (AvgIpc) is 2.01. The topological polar surface area (TPSA) is 3.24 Å². The Balaban J connectivity index is 4.55. The summed E-state index contributed by atoms with van der Waals surface area (Å²) in [6.07, 6.45) is 1.10. The highest BCUT2D eigenvalue weighted by atomic mass is 28.5. The van der Waals surface area contributed by atoms with Gasteiger partial charge in [0.1, 0.15) is 0 Å². The number of rotatable bonds is 5. The fourth-order valence-corrected chi connectivity index (χ4v) is 2.69. The molecule has 1 nitrogen and oxygen atoms in total. The third kappa shape index (κ3) is 3.68. The van der Waals surface area contributed by atoms with E-state index in [9.17, 15) is 12.3 Å². The van der Waals surface area contributed by atoms with Crippen molar-refractivity contribution in [2.24, 2.45) is 0 Å². The third-order valence-corrected chi connectivity index (χ3v) is 3.89. The Morgan fingerprint density at radius 3 is 1.46 bits per heavy atom. The molecular weight excluding hydrogens is 195 g/mol. The van der Waals surface area contributed by atoms with E-state index in [1.54, 1.807) is 27.7 Å². The molecule has 2 unspecified atom stereocenters. The lowest BCUT2D eigenvalue weighted by molar-refractivity contribution is 0.174. The first-order valence-electron chi connectivity index (χ1n) is 4.69. The Labute approximate surface area is 79.5 Å². The molecule has 0 aromatic rings. The van der Waals surface area contributed by atoms with Gasteiger partial charge < -0.3 is 0 Å². The molecule has 5 heteroatoms. The van der Waals surface area contributed by atoms with Crippen LogP contribution in [0.5, 0.6) is 0 Å². The van der Waals surface area contributed by atoms with Crippen molar-refractivity contribution in [3.8, 4) is 0 Å². The summed E-state index contributed by atoms with van der Waals surface area (Å²) in [7, 11) is -5.62. The summed E-state index contributed by atoms with van der Waals surface area (Å²) in [5.41, 5.74) is 0. The Hall–Kier alpha value is -0.0331. The second kappa shape index (κ2) is 5.00. The van der Waals surface area contributed by atoms with Gasteiger partial charge in [-0.15, -0.1) is 0 Å². The molecule has 0 aromatic carbocycles. The molecule has 0 saturated carbocycles. The molecule has 13 heavy (non-hydrogen) atoms. The summed E-state index contributed by atoms with van der Waals surface area (Å²) in [6, 6.07) is -0.747. The van der Waals surface area contributed by atoms with E-state index in [2.05, 4.69) is 0 Å². The summed E-state index contributed by atoms with van der Waals surface area (Å²) in [6.45, 7) is 6.87. The van der Waals surface area contributed by atoms with Crippen LogP contribution in [0.4, 0.5) is 12.3 Å². The lowest BCUT2D eigenvalue weighted by atomic mass is 10.2. The van der Waals surface area contributed by atoms with Gasteiger partial charge in [-0.05, 0) is 26.7 Å². The summed E-state index contributed by atoms with van der Waals surface area (Å²) >= 11 is 0. The first-order chi connectivity index (χ1) is 5.84. The van der Waals surface area contributed by atoms with E-state index >= 15 is 0 Å². The minimum atomic E-state index is -5.62. The van der Waals surface area contributed by atoms with Crippen molar-refractivity contribution in [1.82, 2.24) is 4.57 Å². The van der Waals surface area contributed by atoms with Gasteiger partial charge in [-0.2, -0.15) is 0 Å². The normalized spacial score (nSPS) is 17.5. The van der Waals surface area contributed by atoms with Crippen LogP contribution in [0.15, 0.2) is 0 Å². The molecule has 0 aliphatic heterocycles. The standard InChI is InChI=1S/C8H18F3NSi/c1-5-7(3)12(8(4)6-2)13(9,10)11/h7-8H,5-6H2,1-4H3. The second-order valence-electron chi connectivity index (χ2n) is 3.39. The summed E-state index contributed by atoms with van der Waals surface area (Å²) in [5.74, 6) is 0. The number of hydrogen-bond donors (Lipinski definition) is 0. The van der Waals surface area contributed by atoms with E-state index in [1.165, 1.54) is 0 Å². The van der Waals surface area contributed by atoms with Gasteiger partial charge in [0.25, 0.3) is 0 Å². The largest absolute Gasteiger partial charge is 0.719 e. The van der Waals surface area contributed by atoms with Crippen LogP contribution in [-0.4, -0.2) is 25.9 Å². The highest BCUT2D eigenvalue weighted by Crippen LogP contribution is 2.24. The fourth-order valence-electron chi connectivity index (χ4n) is 1.33. The minimum absolute atomic E-state index is 0.374. The van der Waals surface area contributed by atoms with Crippen LogP contribution in [0.1, 0.15) is 40.5 Å². The van der Waals surface area contributed by atoms with Crippen molar-refractivity contribution in [2.75, 3.05) is 0 Å². The summed E-state index contributed by atoms with van der Waals surface area (Å²) in [5, 5.41) is 0. The SMILES string of the molecule is CCC(C)N(C(C)CC)[Si](F)(F)F. The van der Waals surface area contributed by atoms with E-state index < -0.39 is 9.24 Å². The maximum atomic E-state index is 12.7. The van der Waals surface area contributed by atoms with Crippen molar-refractivity contribution in [1.29, 1.82) is 0 Å². The Bertz CT molecular complexity index is 139. The zero-order valence-electron chi connectivity index (χ0n) is 8.65. The van der Waals surface area contributed by atoms with Gasteiger partial charge in [-0.25, -0.2) is 16.9 Å². The van der Waals surface area contributed by atoms with E-state index in [0.29, 0.717) is 12.8 Å². The van der Waals surface area contributed by atoms with E-state index in [0.717, 1.165) is 4.57 Å². The van der Waals surface area contributed by atoms with Crippen LogP contribution < -0.4 is 0 Å². The molecular formula is C8H18F3NSi. The van der Waals surface area contributed by atoms with Gasteiger partial charge >= 0.3 is 9.24 Å². The fraction of sp³-hybridized carbons (Fsp3) is 1.00. The van der Waals surface area contributed by atoms with Gasteiger partial charge in [0.05, 0.1) is 0 Å². The van der Waals surface area contributed by atoms with E-state index in [1.807, 2.05) is 0 Å². The molecule has 0 amide bonds. The first-order valence-corrected chi connectivity index (χ1v) is 6.27. The number of nitrogens with zero attached hydrogens (tertiary/aromatic N) is 1. The van der Waals surface area contributed by atoms with Crippen molar-refractivity contribution in [3.63, 3.8) is 0 Å². The number of halogens is 3. The van der Waals surface area contributed by atoms with Crippen LogP contribution in [0.3, 0.4) is 0 Å². The van der Waals surface area contributed by atoms with Crippen molar-refractivity contribution < 1.29 is 12.3 Å². The predicted molar refractivity (Wildman–Crippen MR) is 50.4 cm³/mol. The van der Waals surface area contributed by atoms with Crippen LogP contribution in [-0.2, 0) is 0 Å². The highest BCUT2D eigenvalue weighted by molar-refractivity contribution is 6.55. The second-order valence-corrected chi connectivity index (χ2v) is 4.84. The average molecular weight is 213 g/mol. The van der Waals surface area contributed by atoms with Gasteiger partial charge in [0, 0.05) is 12.1 Å². The lowest BCUT2D eigenvalue weighted by Gasteiger charge is -2.33.